The lowest BCUT2D eigenvalue weighted by Gasteiger charge is -2.32. The van der Waals surface area contributed by atoms with Gasteiger partial charge < -0.3 is 10.6 Å². The van der Waals surface area contributed by atoms with Crippen molar-refractivity contribution in [1.29, 1.82) is 0 Å². The minimum atomic E-state index is 0.708. The second-order valence-electron chi connectivity index (χ2n) is 5.77. The molecule has 1 aliphatic rings. The maximum absolute atomic E-state index is 3.90. The maximum Gasteiger partial charge on any atom is 0.0195 e. The Kier molecular flexibility index (Phi) is 9.59. The zero-order valence-corrected chi connectivity index (χ0v) is 12.3. The van der Waals surface area contributed by atoms with E-state index in [1.54, 1.807) is 0 Å². The molecular formula is C16H33N2. The minimum Gasteiger partial charge on any atom is -0.314 e. The third-order valence-corrected chi connectivity index (χ3v) is 3.96. The first-order chi connectivity index (χ1) is 8.86. The number of rotatable bonds is 10. The van der Waals surface area contributed by atoms with Crippen LogP contribution in [-0.4, -0.2) is 25.2 Å². The summed E-state index contributed by atoms with van der Waals surface area (Å²) in [6.45, 7) is 8.51. The van der Waals surface area contributed by atoms with E-state index in [2.05, 4.69) is 24.5 Å². The van der Waals surface area contributed by atoms with Crippen LogP contribution < -0.4 is 10.6 Å². The monoisotopic (exact) mass is 253 g/mol. The summed E-state index contributed by atoms with van der Waals surface area (Å²) < 4.78 is 0. The fourth-order valence-electron chi connectivity index (χ4n) is 2.82. The topological polar surface area (TPSA) is 24.1 Å². The molecule has 2 atom stereocenters. The van der Waals surface area contributed by atoms with Gasteiger partial charge in [-0.25, -0.2) is 0 Å². The van der Waals surface area contributed by atoms with E-state index in [0.717, 1.165) is 13.0 Å². The van der Waals surface area contributed by atoms with Gasteiger partial charge in [-0.2, -0.15) is 0 Å². The van der Waals surface area contributed by atoms with Crippen LogP contribution >= 0.6 is 0 Å². The average molecular weight is 253 g/mol. The Morgan fingerprint density at radius 1 is 0.889 bits per heavy atom. The number of unbranched alkanes of at least 4 members (excludes halogenated alkanes) is 6. The number of piperazine rings is 1. The van der Waals surface area contributed by atoms with Crippen LogP contribution in [0.4, 0.5) is 0 Å². The SMILES string of the molecule is [CH2]CCCCCC1CNCC(CCCCCC)N1. The lowest BCUT2D eigenvalue weighted by atomic mass is 10.0. The van der Waals surface area contributed by atoms with Gasteiger partial charge in [-0.15, -0.1) is 0 Å². The largest absolute Gasteiger partial charge is 0.314 e. The Morgan fingerprint density at radius 3 is 2.06 bits per heavy atom. The molecule has 0 aromatic heterocycles. The summed E-state index contributed by atoms with van der Waals surface area (Å²) in [7, 11) is 0. The van der Waals surface area contributed by atoms with Gasteiger partial charge in [0.05, 0.1) is 0 Å². The van der Waals surface area contributed by atoms with E-state index in [-0.39, 0.29) is 0 Å². The number of hydrogen-bond donors (Lipinski definition) is 2. The molecule has 1 saturated heterocycles. The van der Waals surface area contributed by atoms with E-state index in [0.29, 0.717) is 12.1 Å². The minimum absolute atomic E-state index is 0.708. The second-order valence-corrected chi connectivity index (χ2v) is 5.77. The summed E-state index contributed by atoms with van der Waals surface area (Å²) in [5, 5.41) is 7.42. The Labute approximate surface area is 114 Å². The van der Waals surface area contributed by atoms with Crippen LogP contribution in [0.25, 0.3) is 0 Å². The van der Waals surface area contributed by atoms with Crippen LogP contribution in [0.5, 0.6) is 0 Å². The number of nitrogens with one attached hydrogen (secondary N) is 2. The summed E-state index contributed by atoms with van der Waals surface area (Å²) in [4.78, 5) is 0. The fraction of sp³-hybridized carbons (Fsp3) is 0.938. The van der Waals surface area contributed by atoms with Gasteiger partial charge >= 0.3 is 0 Å². The Bertz CT molecular complexity index is 164. The average Bonchev–Trinajstić information content (AvgIpc) is 2.40. The standard InChI is InChI=1S/C16H33N2/c1-3-5-7-9-11-15-13-17-14-16(18-15)12-10-8-6-4-2/h15-18H,1,3-14H2,2H3. The third-order valence-electron chi connectivity index (χ3n) is 3.96. The molecule has 0 saturated carbocycles. The van der Waals surface area contributed by atoms with Gasteiger partial charge in [0.15, 0.2) is 0 Å². The van der Waals surface area contributed by atoms with E-state index >= 15 is 0 Å². The molecule has 2 heteroatoms. The molecule has 1 radical (unpaired) electrons. The molecule has 1 heterocycles. The normalized spacial score (nSPS) is 24.3. The highest BCUT2D eigenvalue weighted by Gasteiger charge is 2.19. The van der Waals surface area contributed by atoms with Crippen molar-refractivity contribution in [2.45, 2.75) is 83.2 Å². The molecule has 0 aromatic rings. The van der Waals surface area contributed by atoms with Crippen molar-refractivity contribution in [3.63, 3.8) is 0 Å². The van der Waals surface area contributed by atoms with Gasteiger partial charge in [0.2, 0.25) is 0 Å². The smallest absolute Gasteiger partial charge is 0.0195 e. The van der Waals surface area contributed by atoms with Gasteiger partial charge in [-0.3, -0.25) is 0 Å². The van der Waals surface area contributed by atoms with Crippen LogP contribution in [0.15, 0.2) is 0 Å². The molecule has 1 rings (SSSR count). The van der Waals surface area contributed by atoms with Crippen molar-refractivity contribution in [3.05, 3.63) is 6.92 Å². The first-order valence-corrected chi connectivity index (χ1v) is 8.12. The van der Waals surface area contributed by atoms with E-state index in [4.69, 9.17) is 0 Å². The van der Waals surface area contributed by atoms with E-state index in [1.165, 1.54) is 64.3 Å². The Hall–Kier alpha value is -0.0800. The lowest BCUT2D eigenvalue weighted by Crippen LogP contribution is -2.54. The van der Waals surface area contributed by atoms with Crippen molar-refractivity contribution >= 4 is 0 Å². The highest BCUT2D eigenvalue weighted by molar-refractivity contribution is 4.83. The first kappa shape index (κ1) is 16.0. The molecule has 107 valence electrons. The van der Waals surface area contributed by atoms with Crippen molar-refractivity contribution in [3.8, 4) is 0 Å². The predicted molar refractivity (Wildman–Crippen MR) is 80.8 cm³/mol. The Balaban J connectivity index is 2.04. The summed E-state index contributed by atoms with van der Waals surface area (Å²) in [5.74, 6) is 0. The third kappa shape index (κ3) is 7.38. The van der Waals surface area contributed by atoms with Crippen molar-refractivity contribution < 1.29 is 0 Å². The van der Waals surface area contributed by atoms with Crippen molar-refractivity contribution in [2.75, 3.05) is 13.1 Å². The van der Waals surface area contributed by atoms with Crippen molar-refractivity contribution in [1.82, 2.24) is 10.6 Å². The zero-order valence-electron chi connectivity index (χ0n) is 12.3. The highest BCUT2D eigenvalue weighted by Crippen LogP contribution is 2.11. The summed E-state index contributed by atoms with van der Waals surface area (Å²) in [6.07, 6.45) is 13.3. The molecule has 0 aliphatic carbocycles. The van der Waals surface area contributed by atoms with Gasteiger partial charge in [-0.1, -0.05) is 65.2 Å². The molecule has 2 unspecified atom stereocenters. The van der Waals surface area contributed by atoms with Gasteiger partial charge in [0, 0.05) is 25.2 Å². The van der Waals surface area contributed by atoms with Crippen molar-refractivity contribution in [2.24, 2.45) is 0 Å². The van der Waals surface area contributed by atoms with Gasteiger partial charge in [0.25, 0.3) is 0 Å². The van der Waals surface area contributed by atoms with Crippen LogP contribution in [0.1, 0.15) is 71.1 Å². The van der Waals surface area contributed by atoms with Gasteiger partial charge in [0.1, 0.15) is 0 Å². The van der Waals surface area contributed by atoms with Crippen LogP contribution in [0.3, 0.4) is 0 Å². The quantitative estimate of drug-likeness (QED) is 0.580. The summed E-state index contributed by atoms with van der Waals surface area (Å²) in [5.41, 5.74) is 0. The molecule has 0 aromatic carbocycles. The number of hydrogen-bond acceptors (Lipinski definition) is 2. The predicted octanol–water partition coefficient (Wildman–Crippen LogP) is 3.67. The highest BCUT2D eigenvalue weighted by atomic mass is 15.1. The van der Waals surface area contributed by atoms with Crippen LogP contribution in [0, 0.1) is 6.92 Å². The van der Waals surface area contributed by atoms with Crippen LogP contribution in [-0.2, 0) is 0 Å². The zero-order chi connectivity index (χ0) is 13.1. The lowest BCUT2D eigenvalue weighted by molar-refractivity contribution is 0.303. The van der Waals surface area contributed by atoms with E-state index in [1.807, 2.05) is 0 Å². The van der Waals surface area contributed by atoms with E-state index in [9.17, 15) is 0 Å². The van der Waals surface area contributed by atoms with Gasteiger partial charge in [-0.05, 0) is 12.8 Å². The molecule has 2 nitrogen and oxygen atoms in total. The van der Waals surface area contributed by atoms with Crippen LogP contribution in [0.2, 0.25) is 0 Å². The molecular weight excluding hydrogens is 220 g/mol. The molecule has 0 spiro atoms. The molecule has 1 fully saturated rings. The van der Waals surface area contributed by atoms with E-state index < -0.39 is 0 Å². The molecule has 18 heavy (non-hydrogen) atoms. The second kappa shape index (κ2) is 10.8. The first-order valence-electron chi connectivity index (χ1n) is 8.12. The summed E-state index contributed by atoms with van der Waals surface area (Å²) in [6, 6.07) is 1.42. The molecule has 0 amide bonds. The Morgan fingerprint density at radius 2 is 1.50 bits per heavy atom. The molecule has 0 bridgehead atoms. The fourth-order valence-corrected chi connectivity index (χ4v) is 2.82. The maximum atomic E-state index is 3.90. The molecule has 1 aliphatic heterocycles. The molecule has 2 N–H and O–H groups in total. The summed E-state index contributed by atoms with van der Waals surface area (Å²) >= 11 is 0.